The number of rotatable bonds is 3. The minimum Gasteiger partial charge on any atom is -0.507 e. The van der Waals surface area contributed by atoms with Crippen LogP contribution < -0.4 is 11.1 Å². The van der Waals surface area contributed by atoms with E-state index in [9.17, 15) is 14.7 Å². The monoisotopic (exact) mass is 290 g/mol. The van der Waals surface area contributed by atoms with Crippen molar-refractivity contribution in [2.45, 2.75) is 13.8 Å². The van der Waals surface area contributed by atoms with Crippen LogP contribution in [0.1, 0.15) is 28.6 Å². The largest absolute Gasteiger partial charge is 0.507 e. The Morgan fingerprint density at radius 2 is 2.24 bits per heavy atom. The summed E-state index contributed by atoms with van der Waals surface area (Å²) in [6.07, 6.45) is 2.91. The smallest absolute Gasteiger partial charge is 0.348 e. The van der Waals surface area contributed by atoms with Gasteiger partial charge in [0.05, 0.1) is 17.5 Å². The highest BCUT2D eigenvalue weighted by Crippen LogP contribution is 2.15. The van der Waals surface area contributed by atoms with Crippen LogP contribution in [-0.2, 0) is 7.05 Å². The van der Waals surface area contributed by atoms with Crippen molar-refractivity contribution in [2.24, 2.45) is 12.1 Å². The predicted molar refractivity (Wildman–Crippen MR) is 74.3 cm³/mol. The Morgan fingerprint density at radius 3 is 2.81 bits per heavy atom. The van der Waals surface area contributed by atoms with Crippen molar-refractivity contribution in [2.75, 3.05) is 0 Å². The Bertz CT molecular complexity index is 773. The van der Waals surface area contributed by atoms with E-state index < -0.39 is 11.5 Å². The fraction of sp³-hybridized carbons (Fsp3) is 0.231. The first-order chi connectivity index (χ1) is 9.88. The summed E-state index contributed by atoms with van der Waals surface area (Å²) in [5, 5.41) is 17.4. The van der Waals surface area contributed by atoms with Crippen molar-refractivity contribution >= 4 is 11.6 Å². The van der Waals surface area contributed by atoms with Crippen molar-refractivity contribution in [3.05, 3.63) is 45.8 Å². The summed E-state index contributed by atoms with van der Waals surface area (Å²) < 4.78 is 6.36. The fourth-order valence-corrected chi connectivity index (χ4v) is 1.72. The number of nitrogens with one attached hydrogen (secondary N) is 1. The van der Waals surface area contributed by atoms with E-state index in [4.69, 9.17) is 4.42 Å². The molecule has 2 heterocycles. The predicted octanol–water partition coefficient (Wildman–Crippen LogP) is 0.541. The van der Waals surface area contributed by atoms with Crippen molar-refractivity contribution < 1.29 is 14.3 Å². The molecule has 2 N–H and O–H groups in total. The number of aromatic hydroxyl groups is 1. The summed E-state index contributed by atoms with van der Waals surface area (Å²) in [6, 6.07) is 1.30. The van der Waals surface area contributed by atoms with Gasteiger partial charge in [-0.2, -0.15) is 10.2 Å². The number of carbonyl (C=O) groups is 1. The van der Waals surface area contributed by atoms with E-state index >= 15 is 0 Å². The summed E-state index contributed by atoms with van der Waals surface area (Å²) >= 11 is 0. The zero-order valence-corrected chi connectivity index (χ0v) is 11.7. The number of carbonyl (C=O) groups excluding carboxylic acids is 1. The van der Waals surface area contributed by atoms with Crippen molar-refractivity contribution in [3.63, 3.8) is 0 Å². The fourth-order valence-electron chi connectivity index (χ4n) is 1.72. The van der Waals surface area contributed by atoms with Gasteiger partial charge in [0.15, 0.2) is 0 Å². The summed E-state index contributed by atoms with van der Waals surface area (Å²) in [7, 11) is 1.68. The van der Waals surface area contributed by atoms with Gasteiger partial charge in [0.1, 0.15) is 17.1 Å². The molecule has 0 aliphatic rings. The van der Waals surface area contributed by atoms with Gasteiger partial charge < -0.3 is 9.52 Å². The standard InChI is InChI=1S/C13H14N4O4/c1-7-4-10(18)11(13(20)21-7)8(2)15-16-12(19)9-5-14-17(3)6-9/h4-6,18H,1-3H3,(H,16,19)/b15-8-. The molecule has 0 atom stereocenters. The molecule has 2 aromatic heterocycles. The van der Waals surface area contributed by atoms with E-state index in [-0.39, 0.29) is 22.8 Å². The van der Waals surface area contributed by atoms with Crippen LogP contribution in [-0.4, -0.2) is 26.5 Å². The summed E-state index contributed by atoms with van der Waals surface area (Å²) in [4.78, 5) is 23.5. The van der Waals surface area contributed by atoms with Crippen LogP contribution in [0.2, 0.25) is 0 Å². The highest BCUT2D eigenvalue weighted by atomic mass is 16.4. The molecule has 0 aliphatic carbocycles. The maximum absolute atomic E-state index is 11.8. The average Bonchev–Trinajstić information content (AvgIpc) is 2.81. The lowest BCUT2D eigenvalue weighted by atomic mass is 10.2. The Kier molecular flexibility index (Phi) is 3.88. The molecule has 2 rings (SSSR count). The number of hydrazone groups is 1. The third-order valence-electron chi connectivity index (χ3n) is 2.71. The summed E-state index contributed by atoms with van der Waals surface area (Å²) in [5.74, 6) is -0.437. The first kappa shape index (κ1) is 14.5. The van der Waals surface area contributed by atoms with Gasteiger partial charge in [-0.25, -0.2) is 10.2 Å². The van der Waals surface area contributed by atoms with Gasteiger partial charge >= 0.3 is 5.63 Å². The lowest BCUT2D eigenvalue weighted by Gasteiger charge is -2.03. The molecule has 0 aliphatic heterocycles. The zero-order valence-electron chi connectivity index (χ0n) is 11.7. The molecular weight excluding hydrogens is 276 g/mol. The van der Waals surface area contributed by atoms with E-state index in [1.165, 1.54) is 30.1 Å². The summed E-state index contributed by atoms with van der Waals surface area (Å²) in [5.41, 5.74) is 1.94. The number of amides is 1. The average molecular weight is 290 g/mol. The minimum atomic E-state index is -0.718. The van der Waals surface area contributed by atoms with Gasteiger partial charge in [-0.15, -0.1) is 0 Å². The Labute approximate surface area is 119 Å². The quantitative estimate of drug-likeness (QED) is 0.633. The van der Waals surface area contributed by atoms with Gasteiger partial charge in [0.25, 0.3) is 5.91 Å². The van der Waals surface area contributed by atoms with E-state index in [1.807, 2.05) is 0 Å². The van der Waals surface area contributed by atoms with Crippen molar-refractivity contribution in [1.82, 2.24) is 15.2 Å². The van der Waals surface area contributed by atoms with E-state index in [2.05, 4.69) is 15.6 Å². The second-order valence-electron chi connectivity index (χ2n) is 4.45. The topological polar surface area (TPSA) is 110 Å². The number of nitrogens with zero attached hydrogens (tertiary/aromatic N) is 3. The molecule has 0 aromatic carbocycles. The molecule has 0 spiro atoms. The zero-order chi connectivity index (χ0) is 15.6. The van der Waals surface area contributed by atoms with E-state index in [0.717, 1.165) is 0 Å². The van der Waals surface area contributed by atoms with Gasteiger partial charge in [-0.05, 0) is 13.8 Å². The first-order valence-electron chi connectivity index (χ1n) is 6.06. The van der Waals surface area contributed by atoms with Crippen LogP contribution in [0.15, 0.2) is 32.8 Å². The number of hydrogen-bond acceptors (Lipinski definition) is 6. The molecule has 0 unspecified atom stereocenters. The van der Waals surface area contributed by atoms with Crippen LogP contribution in [0.5, 0.6) is 5.75 Å². The molecule has 8 nitrogen and oxygen atoms in total. The number of aryl methyl sites for hydroxylation is 2. The molecule has 21 heavy (non-hydrogen) atoms. The normalized spacial score (nSPS) is 11.5. The Hall–Kier alpha value is -2.90. The number of hydrogen-bond donors (Lipinski definition) is 2. The Balaban J connectivity index is 2.22. The minimum absolute atomic E-state index is 0.0907. The van der Waals surface area contributed by atoms with Crippen molar-refractivity contribution in [1.29, 1.82) is 0 Å². The van der Waals surface area contributed by atoms with Crippen LogP contribution in [0.4, 0.5) is 0 Å². The second-order valence-corrected chi connectivity index (χ2v) is 4.45. The molecule has 0 fully saturated rings. The highest BCUT2D eigenvalue weighted by Gasteiger charge is 2.14. The first-order valence-corrected chi connectivity index (χ1v) is 6.06. The highest BCUT2D eigenvalue weighted by molar-refractivity contribution is 6.02. The molecule has 1 amide bonds. The lowest BCUT2D eigenvalue weighted by molar-refractivity contribution is 0.0954. The molecule has 2 aromatic rings. The van der Waals surface area contributed by atoms with Crippen LogP contribution in [0.25, 0.3) is 0 Å². The molecule has 0 saturated carbocycles. The molecule has 0 saturated heterocycles. The Morgan fingerprint density at radius 1 is 1.52 bits per heavy atom. The third kappa shape index (κ3) is 3.16. The van der Waals surface area contributed by atoms with E-state index in [1.54, 1.807) is 14.0 Å². The van der Waals surface area contributed by atoms with Gasteiger partial charge in [-0.3, -0.25) is 9.48 Å². The third-order valence-corrected chi connectivity index (χ3v) is 2.71. The SMILES string of the molecule is C/C(=N/NC(=O)c1cnn(C)c1)c1c(O)cc(C)oc1=O. The van der Waals surface area contributed by atoms with Gasteiger partial charge in [-0.1, -0.05) is 0 Å². The van der Waals surface area contributed by atoms with Gasteiger partial charge in [0, 0.05) is 19.3 Å². The van der Waals surface area contributed by atoms with Crippen LogP contribution in [0.3, 0.4) is 0 Å². The summed E-state index contributed by atoms with van der Waals surface area (Å²) in [6.45, 7) is 3.02. The number of aromatic nitrogens is 2. The molecule has 0 bridgehead atoms. The molecule has 110 valence electrons. The lowest BCUT2D eigenvalue weighted by Crippen LogP contribution is -2.21. The van der Waals surface area contributed by atoms with Gasteiger partial charge in [0.2, 0.25) is 0 Å². The maximum Gasteiger partial charge on any atom is 0.348 e. The van der Waals surface area contributed by atoms with Crippen molar-refractivity contribution in [3.8, 4) is 5.75 Å². The van der Waals surface area contributed by atoms with Crippen LogP contribution in [0, 0.1) is 6.92 Å². The molecular formula is C13H14N4O4. The van der Waals surface area contributed by atoms with E-state index in [0.29, 0.717) is 5.56 Å². The molecule has 8 heteroatoms. The maximum atomic E-state index is 11.8. The van der Waals surface area contributed by atoms with Crippen LogP contribution >= 0.6 is 0 Å². The second kappa shape index (κ2) is 5.61. The molecule has 0 radical (unpaired) electrons.